The number of sulfonamides is 1. The molecular formula is C11H21ClN4O2S. The number of rotatable bonds is 5. The summed E-state index contributed by atoms with van der Waals surface area (Å²) < 4.78 is 28.0. The summed E-state index contributed by atoms with van der Waals surface area (Å²) in [6.07, 6.45) is 3.53. The van der Waals surface area contributed by atoms with Crippen LogP contribution < -0.4 is 5.73 Å². The molecule has 0 bridgehead atoms. The van der Waals surface area contributed by atoms with E-state index < -0.39 is 10.0 Å². The monoisotopic (exact) mass is 308 g/mol. The Morgan fingerprint density at radius 2 is 2.16 bits per heavy atom. The van der Waals surface area contributed by atoms with Crippen molar-refractivity contribution in [2.75, 3.05) is 13.6 Å². The molecule has 8 heteroatoms. The number of hydrogen-bond donors (Lipinski definition) is 1. The Hall–Kier alpha value is -0.630. The van der Waals surface area contributed by atoms with Crippen LogP contribution >= 0.6 is 12.4 Å². The van der Waals surface area contributed by atoms with Gasteiger partial charge < -0.3 is 5.73 Å². The van der Waals surface area contributed by atoms with Crippen LogP contribution in [0.2, 0.25) is 0 Å². The number of aryl methyl sites for hydroxylation is 1. The quantitative estimate of drug-likeness (QED) is 0.859. The van der Waals surface area contributed by atoms with Gasteiger partial charge in [-0.25, -0.2) is 8.42 Å². The van der Waals surface area contributed by atoms with E-state index in [9.17, 15) is 8.42 Å². The lowest BCUT2D eigenvalue weighted by molar-refractivity contribution is 0.340. The highest BCUT2D eigenvalue weighted by Gasteiger charge is 2.39. The highest BCUT2D eigenvalue weighted by molar-refractivity contribution is 7.89. The first kappa shape index (κ1) is 16.4. The molecule has 1 aliphatic carbocycles. The van der Waals surface area contributed by atoms with Gasteiger partial charge in [0.15, 0.2) is 0 Å². The Morgan fingerprint density at radius 3 is 2.53 bits per heavy atom. The SMILES string of the molecule is Cc1c(S(=O)(=O)N(C)C(CN)C2CC2)cnn1C.Cl. The Balaban J connectivity index is 0.00000180. The fourth-order valence-corrected chi connectivity index (χ4v) is 3.79. The molecule has 1 aliphatic rings. The minimum atomic E-state index is -3.50. The van der Waals surface area contributed by atoms with Crippen molar-refractivity contribution in [2.45, 2.75) is 30.7 Å². The van der Waals surface area contributed by atoms with E-state index in [1.54, 1.807) is 25.7 Å². The molecule has 0 spiro atoms. The van der Waals surface area contributed by atoms with Crippen LogP contribution in [0.5, 0.6) is 0 Å². The zero-order valence-corrected chi connectivity index (χ0v) is 13.0. The molecule has 1 heterocycles. The molecule has 1 fully saturated rings. The third-order valence-corrected chi connectivity index (χ3v) is 5.71. The number of nitrogens with zero attached hydrogens (tertiary/aromatic N) is 3. The maximum Gasteiger partial charge on any atom is 0.246 e. The highest BCUT2D eigenvalue weighted by Crippen LogP contribution is 2.36. The van der Waals surface area contributed by atoms with Crippen molar-refractivity contribution in [2.24, 2.45) is 18.7 Å². The third kappa shape index (κ3) is 2.94. The number of likely N-dealkylation sites (N-methyl/N-ethyl adjacent to an activating group) is 1. The predicted octanol–water partition coefficient (Wildman–Crippen LogP) is 0.508. The minimum absolute atomic E-state index is 0. The lowest BCUT2D eigenvalue weighted by atomic mass is 10.2. The first-order chi connectivity index (χ1) is 8.39. The Morgan fingerprint density at radius 1 is 1.58 bits per heavy atom. The molecule has 110 valence electrons. The second-order valence-electron chi connectivity index (χ2n) is 4.88. The van der Waals surface area contributed by atoms with Crippen LogP contribution in [0.15, 0.2) is 11.1 Å². The van der Waals surface area contributed by atoms with Crippen LogP contribution in [-0.4, -0.2) is 42.1 Å². The highest BCUT2D eigenvalue weighted by atomic mass is 35.5. The van der Waals surface area contributed by atoms with Crippen LogP contribution in [0.25, 0.3) is 0 Å². The van der Waals surface area contributed by atoms with E-state index in [0.717, 1.165) is 12.8 Å². The zero-order chi connectivity index (χ0) is 13.5. The topological polar surface area (TPSA) is 81.2 Å². The second-order valence-corrected chi connectivity index (χ2v) is 6.85. The van der Waals surface area contributed by atoms with Gasteiger partial charge in [-0.15, -0.1) is 12.4 Å². The molecule has 0 amide bonds. The molecule has 0 aromatic carbocycles. The summed E-state index contributed by atoms with van der Waals surface area (Å²) >= 11 is 0. The van der Waals surface area contributed by atoms with Gasteiger partial charge in [0, 0.05) is 26.7 Å². The van der Waals surface area contributed by atoms with Gasteiger partial charge in [0.05, 0.1) is 11.9 Å². The Kier molecular flexibility index (Phi) is 5.00. The standard InChI is InChI=1S/C11H20N4O2S.ClH/c1-8-11(7-13-14(8)2)18(16,17)15(3)10(6-12)9-4-5-9;/h7,9-10H,4-6,12H2,1-3H3;1H. The first-order valence-electron chi connectivity index (χ1n) is 6.06. The van der Waals surface area contributed by atoms with Crippen LogP contribution in [0.3, 0.4) is 0 Å². The molecule has 0 radical (unpaired) electrons. The molecule has 1 saturated carbocycles. The molecule has 0 saturated heterocycles. The zero-order valence-electron chi connectivity index (χ0n) is 11.4. The van der Waals surface area contributed by atoms with E-state index in [2.05, 4.69) is 5.10 Å². The van der Waals surface area contributed by atoms with Crippen molar-refractivity contribution < 1.29 is 8.42 Å². The maximum absolute atomic E-state index is 12.5. The lowest BCUT2D eigenvalue weighted by Crippen LogP contribution is -2.43. The number of hydrogen-bond acceptors (Lipinski definition) is 4. The summed E-state index contributed by atoms with van der Waals surface area (Å²) in [6, 6.07) is -0.102. The van der Waals surface area contributed by atoms with E-state index >= 15 is 0 Å². The second kappa shape index (κ2) is 5.78. The van der Waals surface area contributed by atoms with Gasteiger partial charge in [0.2, 0.25) is 10.0 Å². The van der Waals surface area contributed by atoms with Gasteiger partial charge in [-0.3, -0.25) is 4.68 Å². The van der Waals surface area contributed by atoms with Crippen LogP contribution in [0.4, 0.5) is 0 Å². The molecular weight excluding hydrogens is 288 g/mol. The van der Waals surface area contributed by atoms with Gasteiger partial charge in [-0.05, 0) is 25.7 Å². The first-order valence-corrected chi connectivity index (χ1v) is 7.50. The molecule has 1 unspecified atom stereocenters. The van der Waals surface area contributed by atoms with Crippen molar-refractivity contribution in [3.63, 3.8) is 0 Å². The van der Waals surface area contributed by atoms with Gasteiger partial charge >= 0.3 is 0 Å². The molecule has 2 rings (SSSR count). The van der Waals surface area contributed by atoms with E-state index in [-0.39, 0.29) is 23.3 Å². The molecule has 2 N–H and O–H groups in total. The Bertz CT molecular complexity index is 539. The summed E-state index contributed by atoms with van der Waals surface area (Å²) in [7, 11) is -0.155. The van der Waals surface area contributed by atoms with E-state index in [4.69, 9.17) is 5.73 Å². The number of nitrogens with two attached hydrogens (primary N) is 1. The Labute approximate surface area is 120 Å². The van der Waals surface area contributed by atoms with Crippen LogP contribution in [-0.2, 0) is 17.1 Å². The average molecular weight is 309 g/mol. The van der Waals surface area contributed by atoms with Crippen molar-refractivity contribution in [1.82, 2.24) is 14.1 Å². The fraction of sp³-hybridized carbons (Fsp3) is 0.727. The fourth-order valence-electron chi connectivity index (χ4n) is 2.18. The van der Waals surface area contributed by atoms with Crippen LogP contribution in [0, 0.1) is 12.8 Å². The molecule has 1 aromatic heterocycles. The van der Waals surface area contributed by atoms with Gasteiger partial charge in [-0.2, -0.15) is 9.40 Å². The number of halogens is 1. The summed E-state index contributed by atoms with van der Waals surface area (Å²) in [5.74, 6) is 0.409. The summed E-state index contributed by atoms with van der Waals surface area (Å²) in [4.78, 5) is 0.270. The molecule has 1 atom stereocenters. The van der Waals surface area contributed by atoms with Crippen molar-refractivity contribution in [1.29, 1.82) is 0 Å². The molecule has 1 aromatic rings. The van der Waals surface area contributed by atoms with E-state index in [1.807, 2.05) is 0 Å². The van der Waals surface area contributed by atoms with Crippen molar-refractivity contribution in [3.05, 3.63) is 11.9 Å². The van der Waals surface area contributed by atoms with Crippen molar-refractivity contribution in [3.8, 4) is 0 Å². The lowest BCUT2D eigenvalue weighted by Gasteiger charge is -2.26. The summed E-state index contributed by atoms with van der Waals surface area (Å²) in [5.41, 5.74) is 6.35. The third-order valence-electron chi connectivity index (χ3n) is 3.72. The van der Waals surface area contributed by atoms with Crippen LogP contribution in [0.1, 0.15) is 18.5 Å². The minimum Gasteiger partial charge on any atom is -0.329 e. The number of aromatic nitrogens is 2. The van der Waals surface area contributed by atoms with E-state index in [0.29, 0.717) is 18.2 Å². The normalized spacial score (nSPS) is 17.3. The summed E-state index contributed by atoms with van der Waals surface area (Å²) in [5, 5.41) is 3.99. The molecule has 0 aliphatic heterocycles. The van der Waals surface area contributed by atoms with Gasteiger partial charge in [0.25, 0.3) is 0 Å². The van der Waals surface area contributed by atoms with Gasteiger partial charge in [-0.1, -0.05) is 0 Å². The van der Waals surface area contributed by atoms with Crippen molar-refractivity contribution >= 4 is 22.4 Å². The predicted molar refractivity (Wildman–Crippen MR) is 75.7 cm³/mol. The van der Waals surface area contributed by atoms with Gasteiger partial charge in [0.1, 0.15) is 4.90 Å². The molecule has 19 heavy (non-hydrogen) atoms. The molecule has 6 nitrogen and oxygen atoms in total. The maximum atomic E-state index is 12.5. The van der Waals surface area contributed by atoms with E-state index in [1.165, 1.54) is 10.5 Å². The smallest absolute Gasteiger partial charge is 0.246 e. The largest absolute Gasteiger partial charge is 0.329 e. The average Bonchev–Trinajstić information content (AvgIpc) is 3.08. The summed E-state index contributed by atoms with van der Waals surface area (Å²) in [6.45, 7) is 2.11.